The monoisotopic (exact) mass is 239 g/mol. The maximum absolute atomic E-state index is 10.7. The Hall–Kier alpha value is -1.06. The molecular weight excluding hydrogens is 226 g/mol. The highest BCUT2D eigenvalue weighted by Gasteiger charge is 2.19. The van der Waals surface area contributed by atoms with Crippen molar-refractivity contribution in [2.24, 2.45) is 0 Å². The summed E-state index contributed by atoms with van der Waals surface area (Å²) in [5, 5.41) is 8.80. The van der Waals surface area contributed by atoms with Gasteiger partial charge in [-0.2, -0.15) is 0 Å². The lowest BCUT2D eigenvalue weighted by atomic mass is 9.90. The third-order valence-corrected chi connectivity index (χ3v) is 3.41. The quantitative estimate of drug-likeness (QED) is 0.807. The molecule has 1 heterocycles. The first kappa shape index (κ1) is 11.4. The Morgan fingerprint density at radius 2 is 1.81 bits per heavy atom. The molecule has 16 heavy (non-hydrogen) atoms. The lowest BCUT2D eigenvalue weighted by Gasteiger charge is -2.27. The highest BCUT2D eigenvalue weighted by molar-refractivity contribution is 6.13. The lowest BCUT2D eigenvalue weighted by Crippen LogP contribution is -2.25. The summed E-state index contributed by atoms with van der Waals surface area (Å²) in [5.41, 5.74) is 1.56. The molecule has 1 aromatic rings. The lowest BCUT2D eigenvalue weighted by molar-refractivity contribution is 0.0697. The van der Waals surface area contributed by atoms with E-state index in [0.717, 1.165) is 25.9 Å². The van der Waals surface area contributed by atoms with Crippen LogP contribution in [0.1, 0.15) is 34.7 Å². The van der Waals surface area contributed by atoms with Crippen LogP contribution < -0.4 is 0 Å². The van der Waals surface area contributed by atoms with Crippen LogP contribution in [-0.2, 0) is 0 Å². The zero-order valence-electron chi connectivity index (χ0n) is 8.90. The second kappa shape index (κ2) is 4.85. The molecule has 0 aromatic heterocycles. The minimum atomic E-state index is -0.873. The summed E-state index contributed by atoms with van der Waals surface area (Å²) >= 11 is 5.89. The van der Waals surface area contributed by atoms with Gasteiger partial charge in [0.25, 0.3) is 0 Å². The average molecular weight is 240 g/mol. The van der Waals surface area contributed by atoms with Crippen molar-refractivity contribution in [1.29, 1.82) is 0 Å². The van der Waals surface area contributed by atoms with Crippen LogP contribution in [-0.4, -0.2) is 28.6 Å². The van der Waals surface area contributed by atoms with Crippen molar-refractivity contribution in [2.45, 2.75) is 18.8 Å². The molecule has 0 atom stereocenters. The van der Waals surface area contributed by atoms with E-state index < -0.39 is 5.97 Å². The van der Waals surface area contributed by atoms with Gasteiger partial charge in [0, 0.05) is 13.1 Å². The molecule has 0 unspecified atom stereocenters. The summed E-state index contributed by atoms with van der Waals surface area (Å²) in [6.07, 6.45) is 2.08. The van der Waals surface area contributed by atoms with Gasteiger partial charge in [0.2, 0.25) is 0 Å². The van der Waals surface area contributed by atoms with E-state index in [0.29, 0.717) is 11.5 Å². The minimum Gasteiger partial charge on any atom is -0.478 e. The van der Waals surface area contributed by atoms with Gasteiger partial charge in [0.05, 0.1) is 5.56 Å². The Kier molecular flexibility index (Phi) is 3.46. The van der Waals surface area contributed by atoms with Crippen molar-refractivity contribution >= 4 is 17.7 Å². The molecule has 1 fully saturated rings. The molecule has 1 aromatic carbocycles. The summed E-state index contributed by atoms with van der Waals surface area (Å²) in [6, 6.07) is 7.17. The molecule has 3 nitrogen and oxygen atoms in total. The summed E-state index contributed by atoms with van der Waals surface area (Å²) in [7, 11) is 0. The fraction of sp³-hybridized carbons (Fsp3) is 0.417. The molecule has 0 spiro atoms. The van der Waals surface area contributed by atoms with Crippen LogP contribution in [0.3, 0.4) is 0 Å². The van der Waals surface area contributed by atoms with E-state index >= 15 is 0 Å². The minimum absolute atomic E-state index is 0.346. The van der Waals surface area contributed by atoms with Gasteiger partial charge in [-0.1, -0.05) is 12.1 Å². The fourth-order valence-electron chi connectivity index (χ4n) is 2.08. The molecule has 0 aliphatic carbocycles. The second-order valence-corrected chi connectivity index (χ2v) is 4.59. The second-order valence-electron chi connectivity index (χ2n) is 4.11. The zero-order valence-corrected chi connectivity index (χ0v) is 9.65. The van der Waals surface area contributed by atoms with E-state index in [2.05, 4.69) is 0 Å². The molecule has 1 saturated heterocycles. The maximum Gasteiger partial charge on any atom is 0.335 e. The fourth-order valence-corrected chi connectivity index (χ4v) is 2.27. The van der Waals surface area contributed by atoms with Gasteiger partial charge in [0.1, 0.15) is 0 Å². The molecule has 1 aliphatic rings. The maximum atomic E-state index is 10.7. The number of hydrogen-bond acceptors (Lipinski definition) is 2. The number of nitrogens with zero attached hydrogens (tertiary/aromatic N) is 1. The number of benzene rings is 1. The topological polar surface area (TPSA) is 40.5 Å². The Morgan fingerprint density at radius 1 is 1.25 bits per heavy atom. The van der Waals surface area contributed by atoms with E-state index in [9.17, 15) is 4.79 Å². The molecule has 0 radical (unpaired) electrons. The molecular formula is C12H14ClNO2. The molecule has 0 amide bonds. The van der Waals surface area contributed by atoms with Crippen molar-refractivity contribution in [1.82, 2.24) is 4.42 Å². The number of piperidine rings is 1. The predicted molar refractivity (Wildman–Crippen MR) is 62.8 cm³/mol. The van der Waals surface area contributed by atoms with Gasteiger partial charge in [0.15, 0.2) is 0 Å². The van der Waals surface area contributed by atoms with Crippen molar-refractivity contribution in [3.8, 4) is 0 Å². The summed E-state index contributed by atoms with van der Waals surface area (Å²) in [5.74, 6) is -0.361. The van der Waals surface area contributed by atoms with Crippen LogP contribution in [0.2, 0.25) is 0 Å². The highest BCUT2D eigenvalue weighted by Crippen LogP contribution is 2.28. The Bertz CT molecular complexity index is 369. The van der Waals surface area contributed by atoms with E-state index in [1.807, 2.05) is 16.6 Å². The van der Waals surface area contributed by atoms with Gasteiger partial charge in [-0.25, -0.2) is 9.21 Å². The third kappa shape index (κ3) is 2.54. The summed E-state index contributed by atoms with van der Waals surface area (Å²) in [6.45, 7) is 1.79. The number of rotatable bonds is 2. The van der Waals surface area contributed by atoms with E-state index in [1.165, 1.54) is 5.56 Å². The third-order valence-electron chi connectivity index (χ3n) is 3.07. The Balaban J connectivity index is 2.07. The summed E-state index contributed by atoms with van der Waals surface area (Å²) in [4.78, 5) is 10.7. The number of hydrogen-bond donors (Lipinski definition) is 1. The highest BCUT2D eigenvalue weighted by atomic mass is 35.5. The van der Waals surface area contributed by atoms with E-state index in [4.69, 9.17) is 16.9 Å². The zero-order chi connectivity index (χ0) is 11.5. The number of carboxylic acid groups (broad SMARTS) is 1. The van der Waals surface area contributed by atoms with Crippen molar-refractivity contribution in [3.63, 3.8) is 0 Å². The van der Waals surface area contributed by atoms with Crippen LogP contribution in [0.25, 0.3) is 0 Å². The Morgan fingerprint density at radius 3 is 2.31 bits per heavy atom. The van der Waals surface area contributed by atoms with Gasteiger partial charge in [-0.3, -0.25) is 0 Å². The van der Waals surface area contributed by atoms with E-state index in [-0.39, 0.29) is 0 Å². The molecule has 4 heteroatoms. The van der Waals surface area contributed by atoms with Gasteiger partial charge < -0.3 is 5.11 Å². The average Bonchev–Trinajstić information content (AvgIpc) is 2.30. The van der Waals surface area contributed by atoms with Crippen LogP contribution in [0.5, 0.6) is 0 Å². The van der Waals surface area contributed by atoms with Crippen molar-refractivity contribution in [3.05, 3.63) is 35.4 Å². The molecule has 0 saturated carbocycles. The standard InChI is InChI=1S/C12H14ClNO2/c13-14-7-5-10(6-8-14)9-1-3-11(4-2-9)12(15)16/h1-4,10H,5-8H2,(H,15,16). The van der Waals surface area contributed by atoms with Crippen LogP contribution in [0, 0.1) is 0 Å². The van der Waals surface area contributed by atoms with Crippen LogP contribution >= 0.6 is 11.8 Å². The molecule has 86 valence electrons. The first-order chi connectivity index (χ1) is 7.66. The van der Waals surface area contributed by atoms with Gasteiger partial charge in [-0.05, 0) is 48.2 Å². The van der Waals surface area contributed by atoms with Gasteiger partial charge >= 0.3 is 5.97 Å². The SMILES string of the molecule is O=C(O)c1ccc(C2CCN(Cl)CC2)cc1. The number of aromatic carboxylic acids is 1. The normalized spacial score (nSPS) is 18.6. The van der Waals surface area contributed by atoms with Crippen LogP contribution in [0.15, 0.2) is 24.3 Å². The first-order valence-electron chi connectivity index (χ1n) is 5.41. The Labute approximate surface area is 99.7 Å². The largest absolute Gasteiger partial charge is 0.478 e. The molecule has 0 bridgehead atoms. The van der Waals surface area contributed by atoms with Crippen molar-refractivity contribution in [2.75, 3.05) is 13.1 Å². The van der Waals surface area contributed by atoms with Gasteiger partial charge in [-0.15, -0.1) is 0 Å². The summed E-state index contributed by atoms with van der Waals surface area (Å²) < 4.78 is 1.81. The van der Waals surface area contributed by atoms with E-state index in [1.54, 1.807) is 12.1 Å². The molecule has 1 aliphatic heterocycles. The predicted octanol–water partition coefficient (Wildman–Crippen LogP) is 2.72. The molecule has 2 rings (SSSR count). The number of halogens is 1. The van der Waals surface area contributed by atoms with Crippen LogP contribution in [0.4, 0.5) is 0 Å². The molecule has 1 N–H and O–H groups in total. The number of carbonyl (C=O) groups is 1. The van der Waals surface area contributed by atoms with Crippen molar-refractivity contribution < 1.29 is 9.90 Å². The number of carboxylic acids is 1. The first-order valence-corrected chi connectivity index (χ1v) is 5.74. The smallest absolute Gasteiger partial charge is 0.335 e.